The number of rotatable bonds is 4. The molecule has 126 valence electrons. The summed E-state index contributed by atoms with van der Waals surface area (Å²) in [7, 11) is 0. The average Bonchev–Trinajstić information content (AvgIpc) is 3.21. The van der Waals surface area contributed by atoms with Crippen LogP contribution >= 0.6 is 0 Å². The van der Waals surface area contributed by atoms with Gasteiger partial charge < -0.3 is 19.7 Å². The number of nitrogens with zero attached hydrogens (tertiary/aromatic N) is 1. The van der Waals surface area contributed by atoms with Gasteiger partial charge in [-0.2, -0.15) is 0 Å². The van der Waals surface area contributed by atoms with E-state index in [-0.39, 0.29) is 17.6 Å². The predicted molar refractivity (Wildman–Crippen MR) is 87.8 cm³/mol. The maximum absolute atomic E-state index is 12.5. The monoisotopic (exact) mass is 328 g/mol. The Balaban J connectivity index is 1.60. The average molecular weight is 328 g/mol. The fraction of sp³-hybridized carbons (Fsp3) is 0.333. The summed E-state index contributed by atoms with van der Waals surface area (Å²) in [5.74, 6) is 0.709. The van der Waals surface area contributed by atoms with E-state index in [0.717, 1.165) is 29.9 Å². The van der Waals surface area contributed by atoms with Crippen molar-refractivity contribution in [2.45, 2.75) is 32.4 Å². The van der Waals surface area contributed by atoms with Crippen molar-refractivity contribution < 1.29 is 19.1 Å². The lowest BCUT2D eigenvalue weighted by Gasteiger charge is -2.23. The van der Waals surface area contributed by atoms with E-state index in [4.69, 9.17) is 9.52 Å². The van der Waals surface area contributed by atoms with Gasteiger partial charge in [0, 0.05) is 13.1 Å². The number of furan rings is 1. The second-order valence-corrected chi connectivity index (χ2v) is 5.96. The van der Waals surface area contributed by atoms with Crippen molar-refractivity contribution in [2.75, 3.05) is 6.54 Å². The van der Waals surface area contributed by atoms with Crippen LogP contribution in [0.25, 0.3) is 0 Å². The summed E-state index contributed by atoms with van der Waals surface area (Å²) in [4.78, 5) is 25.1. The van der Waals surface area contributed by atoms with Gasteiger partial charge >= 0.3 is 12.0 Å². The summed E-state index contributed by atoms with van der Waals surface area (Å²) in [6.07, 6.45) is 1.85. The van der Waals surface area contributed by atoms with Gasteiger partial charge in [-0.1, -0.05) is 12.1 Å². The first kappa shape index (κ1) is 16.1. The zero-order chi connectivity index (χ0) is 17.1. The second-order valence-electron chi connectivity index (χ2n) is 5.96. The van der Waals surface area contributed by atoms with E-state index in [1.165, 1.54) is 12.1 Å². The highest BCUT2D eigenvalue weighted by Crippen LogP contribution is 2.32. The minimum absolute atomic E-state index is 0.0203. The highest BCUT2D eigenvalue weighted by molar-refractivity contribution is 5.87. The number of carboxylic acid groups (broad SMARTS) is 1. The third kappa shape index (κ3) is 3.42. The number of aryl methyl sites for hydroxylation is 1. The van der Waals surface area contributed by atoms with Crippen LogP contribution in [0, 0.1) is 6.92 Å². The Morgan fingerprint density at radius 1 is 1.25 bits per heavy atom. The van der Waals surface area contributed by atoms with Crippen molar-refractivity contribution in [2.24, 2.45) is 0 Å². The summed E-state index contributed by atoms with van der Waals surface area (Å²) < 4.78 is 5.67. The van der Waals surface area contributed by atoms with Crippen LogP contribution in [0.1, 0.15) is 46.3 Å². The Bertz CT molecular complexity index is 736. The number of likely N-dealkylation sites (tertiary alicyclic amines) is 1. The summed E-state index contributed by atoms with van der Waals surface area (Å²) in [5, 5.41) is 11.8. The minimum atomic E-state index is -0.959. The van der Waals surface area contributed by atoms with Crippen molar-refractivity contribution in [3.8, 4) is 0 Å². The number of aromatic carboxylic acids is 1. The van der Waals surface area contributed by atoms with Crippen molar-refractivity contribution in [1.82, 2.24) is 10.2 Å². The molecule has 1 aliphatic rings. The van der Waals surface area contributed by atoms with E-state index in [9.17, 15) is 9.59 Å². The molecule has 2 N–H and O–H groups in total. The highest BCUT2D eigenvalue weighted by Gasteiger charge is 2.31. The molecule has 0 aliphatic carbocycles. The topological polar surface area (TPSA) is 82.8 Å². The first-order valence-electron chi connectivity index (χ1n) is 7.97. The maximum atomic E-state index is 12.5. The van der Waals surface area contributed by atoms with Gasteiger partial charge in [0.25, 0.3) is 0 Å². The number of carbonyl (C=O) groups excluding carboxylic acids is 1. The van der Waals surface area contributed by atoms with Crippen LogP contribution in [0.5, 0.6) is 0 Å². The molecule has 3 rings (SSSR count). The molecular weight excluding hydrogens is 308 g/mol. The van der Waals surface area contributed by atoms with Crippen molar-refractivity contribution in [3.05, 3.63) is 59.0 Å². The van der Waals surface area contributed by atoms with Crippen LogP contribution in [0.4, 0.5) is 4.79 Å². The molecule has 2 aromatic rings. The zero-order valence-electron chi connectivity index (χ0n) is 13.5. The van der Waals surface area contributed by atoms with Crippen LogP contribution in [-0.4, -0.2) is 28.6 Å². The molecular formula is C18H20N2O4. The third-order valence-corrected chi connectivity index (χ3v) is 4.25. The van der Waals surface area contributed by atoms with Crippen LogP contribution < -0.4 is 5.32 Å². The SMILES string of the molecule is Cc1ccc(C2CCCN2C(=O)NCc2ccc(C(=O)O)cc2)o1. The first-order chi connectivity index (χ1) is 11.5. The van der Waals surface area contributed by atoms with E-state index in [2.05, 4.69) is 5.32 Å². The number of nitrogens with one attached hydrogen (secondary N) is 1. The van der Waals surface area contributed by atoms with E-state index in [1.54, 1.807) is 17.0 Å². The van der Waals surface area contributed by atoms with Crippen molar-refractivity contribution in [3.63, 3.8) is 0 Å². The molecule has 1 aliphatic heterocycles. The van der Waals surface area contributed by atoms with Gasteiger partial charge in [0.15, 0.2) is 0 Å². The Labute approximate surface area is 140 Å². The number of urea groups is 1. The molecule has 0 bridgehead atoms. The molecule has 1 unspecified atom stereocenters. The van der Waals surface area contributed by atoms with Gasteiger partial charge in [0.1, 0.15) is 11.5 Å². The molecule has 0 spiro atoms. The minimum Gasteiger partial charge on any atom is -0.478 e. The number of carboxylic acids is 1. The molecule has 1 aromatic heterocycles. The van der Waals surface area contributed by atoms with Crippen LogP contribution in [-0.2, 0) is 6.54 Å². The smallest absolute Gasteiger partial charge is 0.335 e. The van der Waals surface area contributed by atoms with Gasteiger partial charge in [0.05, 0.1) is 11.6 Å². The lowest BCUT2D eigenvalue weighted by molar-refractivity contribution is 0.0697. The Morgan fingerprint density at radius 3 is 2.62 bits per heavy atom. The van der Waals surface area contributed by atoms with E-state index in [0.29, 0.717) is 13.1 Å². The lowest BCUT2D eigenvalue weighted by atomic mass is 10.1. The largest absolute Gasteiger partial charge is 0.478 e. The molecule has 1 aromatic carbocycles. The third-order valence-electron chi connectivity index (χ3n) is 4.25. The van der Waals surface area contributed by atoms with Gasteiger partial charge in [0.2, 0.25) is 0 Å². The first-order valence-corrected chi connectivity index (χ1v) is 7.97. The molecule has 0 saturated carbocycles. The standard InChI is InChI=1S/C18H20N2O4/c1-12-4-9-16(24-12)15-3-2-10-20(15)18(23)19-11-13-5-7-14(8-6-13)17(21)22/h4-9,15H,2-3,10-11H2,1H3,(H,19,23)(H,21,22). The zero-order valence-corrected chi connectivity index (χ0v) is 13.5. The molecule has 1 atom stereocenters. The van der Waals surface area contributed by atoms with Crippen molar-refractivity contribution >= 4 is 12.0 Å². The summed E-state index contributed by atoms with van der Waals surface area (Å²) in [6, 6.07) is 10.2. The molecule has 2 amide bonds. The Morgan fingerprint density at radius 2 is 2.00 bits per heavy atom. The molecule has 0 radical (unpaired) electrons. The quantitative estimate of drug-likeness (QED) is 0.902. The molecule has 1 saturated heterocycles. The molecule has 6 nitrogen and oxygen atoms in total. The van der Waals surface area contributed by atoms with Gasteiger partial charge in [-0.25, -0.2) is 9.59 Å². The van der Waals surface area contributed by atoms with Gasteiger partial charge in [-0.3, -0.25) is 0 Å². The van der Waals surface area contributed by atoms with Crippen LogP contribution in [0.2, 0.25) is 0 Å². The number of hydrogen-bond acceptors (Lipinski definition) is 3. The maximum Gasteiger partial charge on any atom is 0.335 e. The molecule has 1 fully saturated rings. The summed E-state index contributed by atoms with van der Waals surface area (Å²) in [6.45, 7) is 2.96. The van der Waals surface area contributed by atoms with Gasteiger partial charge in [-0.15, -0.1) is 0 Å². The Hall–Kier alpha value is -2.76. The van der Waals surface area contributed by atoms with Crippen molar-refractivity contribution in [1.29, 1.82) is 0 Å². The van der Waals surface area contributed by atoms with E-state index in [1.807, 2.05) is 19.1 Å². The fourth-order valence-corrected chi connectivity index (χ4v) is 2.98. The fourth-order valence-electron chi connectivity index (χ4n) is 2.98. The molecule has 2 heterocycles. The van der Waals surface area contributed by atoms with E-state index >= 15 is 0 Å². The highest BCUT2D eigenvalue weighted by atomic mass is 16.4. The van der Waals surface area contributed by atoms with E-state index < -0.39 is 5.97 Å². The normalized spacial score (nSPS) is 17.0. The Kier molecular flexibility index (Phi) is 4.55. The number of hydrogen-bond donors (Lipinski definition) is 2. The summed E-state index contributed by atoms with van der Waals surface area (Å²) >= 11 is 0. The summed E-state index contributed by atoms with van der Waals surface area (Å²) in [5.41, 5.74) is 1.09. The molecule has 6 heteroatoms. The predicted octanol–water partition coefficient (Wildman–Crippen LogP) is 3.33. The van der Waals surface area contributed by atoms with Gasteiger partial charge in [-0.05, 0) is 49.6 Å². The number of carbonyl (C=O) groups is 2. The number of benzene rings is 1. The number of amides is 2. The van der Waals surface area contributed by atoms with Crippen LogP contribution in [0.3, 0.4) is 0 Å². The van der Waals surface area contributed by atoms with Crippen LogP contribution in [0.15, 0.2) is 40.8 Å². The second kappa shape index (κ2) is 6.78. The lowest BCUT2D eigenvalue weighted by Crippen LogP contribution is -2.39. The molecule has 24 heavy (non-hydrogen) atoms.